The second-order valence-corrected chi connectivity index (χ2v) is 3.12. The molecular formula is C8H11BrN2. The first kappa shape index (κ1) is 8.56. The van der Waals surface area contributed by atoms with Gasteiger partial charge in [-0.25, -0.2) is 0 Å². The second kappa shape index (κ2) is 3.74. The average Bonchev–Trinajstić information content (AvgIpc) is 2.04. The Morgan fingerprint density at radius 2 is 2.27 bits per heavy atom. The number of anilines is 1. The van der Waals surface area contributed by atoms with Crippen LogP contribution in [0, 0.1) is 0 Å². The molecule has 0 saturated carbocycles. The smallest absolute Gasteiger partial charge is 0.0528 e. The van der Waals surface area contributed by atoms with Crippen molar-refractivity contribution in [1.82, 2.24) is 0 Å². The van der Waals surface area contributed by atoms with E-state index in [2.05, 4.69) is 28.3 Å². The maximum atomic E-state index is 5.32. The lowest BCUT2D eigenvalue weighted by Gasteiger charge is -2.07. The minimum absolute atomic E-state index is 0.973. The largest absolute Gasteiger partial charge is 0.324 e. The van der Waals surface area contributed by atoms with Crippen molar-refractivity contribution in [3.05, 3.63) is 28.2 Å². The van der Waals surface area contributed by atoms with Crippen LogP contribution in [0.2, 0.25) is 0 Å². The molecule has 0 bridgehead atoms. The molecule has 0 aliphatic carbocycles. The van der Waals surface area contributed by atoms with Crippen LogP contribution in [0.25, 0.3) is 0 Å². The number of hydrogen-bond donors (Lipinski definition) is 2. The van der Waals surface area contributed by atoms with Crippen molar-refractivity contribution in [2.45, 2.75) is 13.3 Å². The Kier molecular flexibility index (Phi) is 2.91. The number of rotatable bonds is 2. The van der Waals surface area contributed by atoms with Crippen LogP contribution in [0.5, 0.6) is 0 Å². The summed E-state index contributed by atoms with van der Waals surface area (Å²) in [6.45, 7) is 2.10. The van der Waals surface area contributed by atoms with E-state index in [0.717, 1.165) is 16.6 Å². The molecule has 3 N–H and O–H groups in total. The highest BCUT2D eigenvalue weighted by molar-refractivity contribution is 9.10. The molecule has 0 spiro atoms. The van der Waals surface area contributed by atoms with Gasteiger partial charge in [-0.1, -0.05) is 28.9 Å². The first-order chi connectivity index (χ1) is 5.29. The Balaban J connectivity index is 3.13. The van der Waals surface area contributed by atoms with Crippen molar-refractivity contribution in [3.63, 3.8) is 0 Å². The summed E-state index contributed by atoms with van der Waals surface area (Å²) in [6, 6.07) is 5.93. The second-order valence-electron chi connectivity index (χ2n) is 2.26. The third kappa shape index (κ3) is 1.73. The molecule has 0 aliphatic heterocycles. The van der Waals surface area contributed by atoms with Gasteiger partial charge < -0.3 is 5.43 Å². The van der Waals surface area contributed by atoms with Crippen molar-refractivity contribution in [2.24, 2.45) is 5.84 Å². The van der Waals surface area contributed by atoms with E-state index in [-0.39, 0.29) is 0 Å². The Morgan fingerprint density at radius 3 is 2.73 bits per heavy atom. The third-order valence-electron chi connectivity index (χ3n) is 1.63. The van der Waals surface area contributed by atoms with Gasteiger partial charge in [-0.2, -0.15) is 0 Å². The molecule has 0 radical (unpaired) electrons. The van der Waals surface area contributed by atoms with E-state index < -0.39 is 0 Å². The molecule has 0 unspecified atom stereocenters. The SMILES string of the molecule is CCc1c(Br)cccc1NN. The van der Waals surface area contributed by atoms with Crippen LogP contribution in [-0.2, 0) is 6.42 Å². The molecule has 60 valence electrons. The molecule has 0 heterocycles. The summed E-state index contributed by atoms with van der Waals surface area (Å²) >= 11 is 3.45. The summed E-state index contributed by atoms with van der Waals surface area (Å²) in [5.74, 6) is 5.32. The van der Waals surface area contributed by atoms with Gasteiger partial charge in [-0.15, -0.1) is 0 Å². The molecule has 1 aromatic carbocycles. The van der Waals surface area contributed by atoms with Gasteiger partial charge >= 0.3 is 0 Å². The number of nitrogens with one attached hydrogen (secondary N) is 1. The molecule has 2 nitrogen and oxygen atoms in total. The van der Waals surface area contributed by atoms with Crippen LogP contribution >= 0.6 is 15.9 Å². The van der Waals surface area contributed by atoms with Gasteiger partial charge in [0.05, 0.1) is 5.69 Å². The van der Waals surface area contributed by atoms with E-state index in [1.54, 1.807) is 0 Å². The van der Waals surface area contributed by atoms with Gasteiger partial charge in [0.25, 0.3) is 0 Å². The Morgan fingerprint density at radius 1 is 1.55 bits per heavy atom. The first-order valence-corrected chi connectivity index (χ1v) is 4.33. The van der Waals surface area contributed by atoms with E-state index in [1.807, 2.05) is 18.2 Å². The summed E-state index contributed by atoms with van der Waals surface area (Å²) in [5.41, 5.74) is 4.86. The molecule has 3 heteroatoms. The molecule has 1 rings (SSSR count). The number of nitrogens with two attached hydrogens (primary N) is 1. The molecule has 11 heavy (non-hydrogen) atoms. The molecule has 0 aliphatic rings. The van der Waals surface area contributed by atoms with Crippen molar-refractivity contribution >= 4 is 21.6 Å². The standard InChI is InChI=1S/C8H11BrN2/c1-2-6-7(9)4-3-5-8(6)11-10/h3-5,11H,2,10H2,1H3. The quantitative estimate of drug-likeness (QED) is 0.586. The molecule has 0 saturated heterocycles. The van der Waals surface area contributed by atoms with Crippen LogP contribution in [0.3, 0.4) is 0 Å². The summed E-state index contributed by atoms with van der Waals surface area (Å²) < 4.78 is 1.11. The normalized spacial score (nSPS) is 9.73. The molecule has 0 amide bonds. The topological polar surface area (TPSA) is 38.0 Å². The summed E-state index contributed by atoms with van der Waals surface area (Å²) in [6.07, 6.45) is 0.973. The number of hydrazine groups is 1. The molecule has 0 fully saturated rings. The lowest BCUT2D eigenvalue weighted by atomic mass is 10.1. The molecule has 1 aromatic rings. The predicted octanol–water partition coefficient (Wildman–Crippen LogP) is 2.30. The van der Waals surface area contributed by atoms with E-state index in [4.69, 9.17) is 5.84 Å². The van der Waals surface area contributed by atoms with Crippen LogP contribution in [-0.4, -0.2) is 0 Å². The first-order valence-electron chi connectivity index (χ1n) is 3.53. The zero-order valence-electron chi connectivity index (χ0n) is 6.39. The lowest BCUT2D eigenvalue weighted by Crippen LogP contribution is -2.09. The van der Waals surface area contributed by atoms with Gasteiger partial charge in [0.2, 0.25) is 0 Å². The van der Waals surface area contributed by atoms with Crippen LogP contribution in [0.15, 0.2) is 22.7 Å². The monoisotopic (exact) mass is 214 g/mol. The van der Waals surface area contributed by atoms with E-state index in [1.165, 1.54) is 5.56 Å². The van der Waals surface area contributed by atoms with Crippen LogP contribution in [0.4, 0.5) is 5.69 Å². The van der Waals surface area contributed by atoms with E-state index in [0.29, 0.717) is 0 Å². The van der Waals surface area contributed by atoms with Crippen molar-refractivity contribution in [1.29, 1.82) is 0 Å². The van der Waals surface area contributed by atoms with Gasteiger partial charge in [0, 0.05) is 4.47 Å². The lowest BCUT2D eigenvalue weighted by molar-refractivity contribution is 1.12. The molecule has 0 atom stereocenters. The predicted molar refractivity (Wildman–Crippen MR) is 51.3 cm³/mol. The summed E-state index contributed by atoms with van der Waals surface area (Å²) in [4.78, 5) is 0. The zero-order valence-corrected chi connectivity index (χ0v) is 7.98. The molecular weight excluding hydrogens is 204 g/mol. The highest BCUT2D eigenvalue weighted by Gasteiger charge is 2.01. The Hall–Kier alpha value is -0.540. The van der Waals surface area contributed by atoms with Gasteiger partial charge in [0.1, 0.15) is 0 Å². The van der Waals surface area contributed by atoms with Crippen molar-refractivity contribution in [3.8, 4) is 0 Å². The summed E-state index contributed by atoms with van der Waals surface area (Å²) in [5, 5.41) is 0. The number of benzene rings is 1. The van der Waals surface area contributed by atoms with Crippen molar-refractivity contribution < 1.29 is 0 Å². The Labute approximate surface area is 74.9 Å². The van der Waals surface area contributed by atoms with E-state index in [9.17, 15) is 0 Å². The number of hydrogen-bond acceptors (Lipinski definition) is 2. The van der Waals surface area contributed by atoms with E-state index >= 15 is 0 Å². The number of nitrogen functional groups attached to an aromatic ring is 1. The Bertz CT molecular complexity index is 248. The van der Waals surface area contributed by atoms with Crippen molar-refractivity contribution in [2.75, 3.05) is 5.43 Å². The fraction of sp³-hybridized carbons (Fsp3) is 0.250. The van der Waals surface area contributed by atoms with Gasteiger partial charge in [0.15, 0.2) is 0 Å². The maximum absolute atomic E-state index is 5.32. The van der Waals surface area contributed by atoms with Gasteiger partial charge in [-0.3, -0.25) is 5.84 Å². The average molecular weight is 215 g/mol. The van der Waals surface area contributed by atoms with Gasteiger partial charge in [-0.05, 0) is 24.1 Å². The van der Waals surface area contributed by atoms with Crippen LogP contribution < -0.4 is 11.3 Å². The summed E-state index contributed by atoms with van der Waals surface area (Å²) in [7, 11) is 0. The minimum atomic E-state index is 0.973. The molecule has 0 aromatic heterocycles. The fourth-order valence-electron chi connectivity index (χ4n) is 1.05. The maximum Gasteiger partial charge on any atom is 0.0528 e. The highest BCUT2D eigenvalue weighted by atomic mass is 79.9. The highest BCUT2D eigenvalue weighted by Crippen LogP contribution is 2.24. The third-order valence-corrected chi connectivity index (χ3v) is 2.37. The fourth-order valence-corrected chi connectivity index (χ4v) is 1.70. The van der Waals surface area contributed by atoms with Crippen LogP contribution in [0.1, 0.15) is 12.5 Å². The zero-order chi connectivity index (χ0) is 8.27. The minimum Gasteiger partial charge on any atom is -0.324 e. The number of halogens is 1.